The first-order chi connectivity index (χ1) is 6.09. The summed E-state index contributed by atoms with van der Waals surface area (Å²) in [6, 6.07) is 0.319. The van der Waals surface area contributed by atoms with E-state index in [1.807, 2.05) is 13.8 Å². The Morgan fingerprint density at radius 3 is 2.77 bits per heavy atom. The van der Waals surface area contributed by atoms with E-state index in [2.05, 4.69) is 17.6 Å². The Bertz CT molecular complexity index is 189. The van der Waals surface area contributed by atoms with Gasteiger partial charge in [0, 0.05) is 19.1 Å². The van der Waals surface area contributed by atoms with Gasteiger partial charge in [-0.15, -0.1) is 0 Å². The van der Waals surface area contributed by atoms with E-state index in [4.69, 9.17) is 0 Å². The van der Waals surface area contributed by atoms with Crippen LogP contribution >= 0.6 is 0 Å². The Morgan fingerprint density at radius 1 is 1.46 bits per heavy atom. The third-order valence-electron chi connectivity index (χ3n) is 2.84. The lowest BCUT2D eigenvalue weighted by atomic mass is 9.81. The van der Waals surface area contributed by atoms with Gasteiger partial charge in [-0.25, -0.2) is 0 Å². The molecule has 3 heteroatoms. The van der Waals surface area contributed by atoms with Crippen molar-refractivity contribution < 1.29 is 4.79 Å². The van der Waals surface area contributed by atoms with Gasteiger partial charge in [0.05, 0.1) is 5.41 Å². The van der Waals surface area contributed by atoms with E-state index in [1.54, 1.807) is 0 Å². The van der Waals surface area contributed by atoms with E-state index in [0.717, 1.165) is 25.9 Å². The van der Waals surface area contributed by atoms with Crippen molar-refractivity contribution in [1.29, 1.82) is 0 Å². The maximum Gasteiger partial charge on any atom is 0.227 e. The molecule has 1 aliphatic heterocycles. The van der Waals surface area contributed by atoms with Crippen LogP contribution in [0.5, 0.6) is 0 Å². The summed E-state index contributed by atoms with van der Waals surface area (Å²) in [5, 5.41) is 6.34. The molecule has 1 aliphatic rings. The molecule has 0 aromatic carbocycles. The molecular weight excluding hydrogens is 164 g/mol. The van der Waals surface area contributed by atoms with Gasteiger partial charge < -0.3 is 10.6 Å². The Labute approximate surface area is 80.3 Å². The molecule has 1 atom stereocenters. The van der Waals surface area contributed by atoms with Gasteiger partial charge in [-0.3, -0.25) is 4.79 Å². The predicted octanol–water partition coefficient (Wildman–Crippen LogP) is 0.901. The van der Waals surface area contributed by atoms with E-state index in [9.17, 15) is 4.79 Å². The van der Waals surface area contributed by atoms with E-state index in [1.165, 1.54) is 0 Å². The minimum absolute atomic E-state index is 0.177. The van der Waals surface area contributed by atoms with Crippen LogP contribution in [0.25, 0.3) is 0 Å². The molecule has 1 amide bonds. The highest BCUT2D eigenvalue weighted by Gasteiger charge is 2.37. The Kier molecular flexibility index (Phi) is 3.31. The van der Waals surface area contributed by atoms with Crippen molar-refractivity contribution in [3.8, 4) is 0 Å². The zero-order chi connectivity index (χ0) is 9.90. The second-order valence-electron chi connectivity index (χ2n) is 4.27. The Morgan fingerprint density at radius 2 is 2.15 bits per heavy atom. The number of hydrogen-bond acceptors (Lipinski definition) is 2. The summed E-state index contributed by atoms with van der Waals surface area (Å²) in [5.41, 5.74) is -0.271. The monoisotopic (exact) mass is 184 g/mol. The van der Waals surface area contributed by atoms with Gasteiger partial charge in [0.25, 0.3) is 0 Å². The number of nitrogens with one attached hydrogen (secondary N) is 2. The number of carbonyl (C=O) groups is 1. The molecule has 0 aromatic heterocycles. The van der Waals surface area contributed by atoms with Crippen LogP contribution in [-0.4, -0.2) is 25.0 Å². The van der Waals surface area contributed by atoms with Crippen molar-refractivity contribution in [2.24, 2.45) is 5.41 Å². The van der Waals surface area contributed by atoms with Gasteiger partial charge in [-0.2, -0.15) is 0 Å². The highest BCUT2D eigenvalue weighted by Crippen LogP contribution is 2.25. The van der Waals surface area contributed by atoms with Crippen molar-refractivity contribution in [3.63, 3.8) is 0 Å². The van der Waals surface area contributed by atoms with Crippen LogP contribution in [0.1, 0.15) is 33.6 Å². The second kappa shape index (κ2) is 4.09. The number of carbonyl (C=O) groups excluding carboxylic acids is 1. The molecule has 1 saturated heterocycles. The van der Waals surface area contributed by atoms with E-state index >= 15 is 0 Å². The van der Waals surface area contributed by atoms with Gasteiger partial charge in [-0.1, -0.05) is 13.3 Å². The minimum atomic E-state index is -0.271. The average Bonchev–Trinajstić information content (AvgIpc) is 2.18. The second-order valence-corrected chi connectivity index (χ2v) is 4.27. The van der Waals surface area contributed by atoms with Crippen molar-refractivity contribution >= 4 is 5.91 Å². The minimum Gasteiger partial charge on any atom is -0.354 e. The van der Waals surface area contributed by atoms with Crippen LogP contribution in [0.4, 0.5) is 0 Å². The SMILES string of the molecule is CCCC1NCCNC(=O)C1(C)C. The van der Waals surface area contributed by atoms with Gasteiger partial charge >= 0.3 is 0 Å². The maximum atomic E-state index is 11.7. The lowest BCUT2D eigenvalue weighted by Gasteiger charge is -2.30. The Hall–Kier alpha value is -0.570. The zero-order valence-corrected chi connectivity index (χ0v) is 8.81. The first-order valence-electron chi connectivity index (χ1n) is 5.10. The average molecular weight is 184 g/mol. The normalized spacial score (nSPS) is 27.9. The molecule has 0 bridgehead atoms. The lowest BCUT2D eigenvalue weighted by molar-refractivity contribution is -0.130. The first kappa shape index (κ1) is 10.5. The molecule has 1 unspecified atom stereocenters. The van der Waals surface area contributed by atoms with Gasteiger partial charge in [0.1, 0.15) is 0 Å². The molecule has 0 spiro atoms. The van der Waals surface area contributed by atoms with E-state index < -0.39 is 0 Å². The molecule has 0 saturated carbocycles. The molecule has 0 radical (unpaired) electrons. The maximum absolute atomic E-state index is 11.7. The lowest BCUT2D eigenvalue weighted by Crippen LogP contribution is -2.46. The van der Waals surface area contributed by atoms with Gasteiger partial charge in [0.2, 0.25) is 5.91 Å². The third-order valence-corrected chi connectivity index (χ3v) is 2.84. The van der Waals surface area contributed by atoms with Crippen molar-refractivity contribution in [1.82, 2.24) is 10.6 Å². The molecule has 0 aromatic rings. The highest BCUT2D eigenvalue weighted by atomic mass is 16.2. The zero-order valence-electron chi connectivity index (χ0n) is 8.81. The summed E-state index contributed by atoms with van der Waals surface area (Å²) >= 11 is 0. The topological polar surface area (TPSA) is 41.1 Å². The molecule has 3 nitrogen and oxygen atoms in total. The van der Waals surface area contributed by atoms with Crippen LogP contribution in [0.3, 0.4) is 0 Å². The first-order valence-corrected chi connectivity index (χ1v) is 5.10. The van der Waals surface area contributed by atoms with Crippen molar-refractivity contribution in [2.75, 3.05) is 13.1 Å². The largest absolute Gasteiger partial charge is 0.354 e. The number of rotatable bonds is 2. The van der Waals surface area contributed by atoms with Crippen LogP contribution in [0.2, 0.25) is 0 Å². The van der Waals surface area contributed by atoms with Gasteiger partial charge in [0.15, 0.2) is 0 Å². The molecule has 76 valence electrons. The predicted molar refractivity (Wildman–Crippen MR) is 53.5 cm³/mol. The van der Waals surface area contributed by atoms with E-state index in [0.29, 0.717) is 6.04 Å². The van der Waals surface area contributed by atoms with Crippen LogP contribution in [0, 0.1) is 5.41 Å². The summed E-state index contributed by atoms with van der Waals surface area (Å²) < 4.78 is 0. The van der Waals surface area contributed by atoms with E-state index in [-0.39, 0.29) is 11.3 Å². The molecule has 1 heterocycles. The quantitative estimate of drug-likeness (QED) is 0.669. The molecule has 2 N–H and O–H groups in total. The smallest absolute Gasteiger partial charge is 0.227 e. The molecule has 1 rings (SSSR count). The fraction of sp³-hybridized carbons (Fsp3) is 0.900. The highest BCUT2D eigenvalue weighted by molar-refractivity contribution is 5.82. The number of hydrogen-bond donors (Lipinski definition) is 2. The summed E-state index contributed by atoms with van der Waals surface area (Å²) in [7, 11) is 0. The summed E-state index contributed by atoms with van der Waals surface area (Å²) in [6.07, 6.45) is 2.19. The fourth-order valence-electron chi connectivity index (χ4n) is 1.82. The summed E-state index contributed by atoms with van der Waals surface area (Å²) in [6.45, 7) is 7.82. The standard InChI is InChI=1S/C10H20N2O/c1-4-5-8-10(2,3)9(13)12-7-6-11-8/h8,11H,4-7H2,1-3H3,(H,12,13). The third kappa shape index (κ3) is 2.21. The summed E-state index contributed by atoms with van der Waals surface area (Å²) in [4.78, 5) is 11.7. The molecule has 13 heavy (non-hydrogen) atoms. The molecule has 0 aliphatic carbocycles. The number of amides is 1. The molecular formula is C10H20N2O. The van der Waals surface area contributed by atoms with Gasteiger partial charge in [-0.05, 0) is 20.3 Å². The van der Waals surface area contributed by atoms with Crippen molar-refractivity contribution in [2.45, 2.75) is 39.7 Å². The van der Waals surface area contributed by atoms with Crippen LogP contribution < -0.4 is 10.6 Å². The fourth-order valence-corrected chi connectivity index (χ4v) is 1.82. The van der Waals surface area contributed by atoms with Crippen LogP contribution in [0.15, 0.2) is 0 Å². The molecule has 1 fully saturated rings. The Balaban J connectivity index is 2.72. The van der Waals surface area contributed by atoms with Crippen LogP contribution in [-0.2, 0) is 4.79 Å². The summed E-state index contributed by atoms with van der Waals surface area (Å²) in [5.74, 6) is 0.177. The van der Waals surface area contributed by atoms with Crippen molar-refractivity contribution in [3.05, 3.63) is 0 Å².